The van der Waals surface area contributed by atoms with Gasteiger partial charge in [0.05, 0.1) is 12.2 Å². The second kappa shape index (κ2) is 3.82. The Morgan fingerprint density at radius 1 is 1.32 bits per heavy atom. The van der Waals surface area contributed by atoms with Crippen molar-refractivity contribution in [2.45, 2.75) is 44.7 Å². The molecule has 0 radical (unpaired) electrons. The molecule has 0 unspecified atom stereocenters. The van der Waals surface area contributed by atoms with Crippen LogP contribution >= 0.6 is 0 Å². The van der Waals surface area contributed by atoms with Crippen molar-refractivity contribution in [1.82, 2.24) is 14.7 Å². The predicted molar refractivity (Wildman–Crippen MR) is 69.8 cm³/mol. The molecule has 19 heavy (non-hydrogen) atoms. The summed E-state index contributed by atoms with van der Waals surface area (Å²) in [5, 5.41) is 4.28. The van der Waals surface area contributed by atoms with E-state index in [1.165, 1.54) is 16.2 Å². The molecule has 1 aliphatic heterocycles. The lowest BCUT2D eigenvalue weighted by Gasteiger charge is -2.28. The number of nitrogens with zero attached hydrogens (tertiary/aromatic N) is 4. The van der Waals surface area contributed by atoms with Crippen molar-refractivity contribution in [2.24, 2.45) is 0 Å². The minimum Gasteiger partial charge on any atom is -0.313 e. The molecule has 102 valence electrons. The summed E-state index contributed by atoms with van der Waals surface area (Å²) in [6.45, 7) is 3.52. The maximum atomic E-state index is 12.4. The SMILES string of the molecule is CN1C(=O)N(c2ccnn2C2CCC2)C(=O)C1(C)C. The summed E-state index contributed by atoms with van der Waals surface area (Å²) in [4.78, 5) is 27.5. The van der Waals surface area contributed by atoms with Crippen LogP contribution in [0.3, 0.4) is 0 Å². The van der Waals surface area contributed by atoms with Crippen LogP contribution in [0.4, 0.5) is 10.6 Å². The quantitative estimate of drug-likeness (QED) is 0.763. The molecule has 1 saturated heterocycles. The Hall–Kier alpha value is -1.85. The van der Waals surface area contributed by atoms with Crippen molar-refractivity contribution in [2.75, 3.05) is 11.9 Å². The molecular formula is C13H18N4O2. The highest BCUT2D eigenvalue weighted by Gasteiger charge is 2.51. The van der Waals surface area contributed by atoms with Gasteiger partial charge in [-0.1, -0.05) is 0 Å². The fourth-order valence-electron chi connectivity index (χ4n) is 2.49. The van der Waals surface area contributed by atoms with Gasteiger partial charge in [0.1, 0.15) is 11.4 Å². The minimum atomic E-state index is -0.800. The van der Waals surface area contributed by atoms with Crippen molar-refractivity contribution in [3.63, 3.8) is 0 Å². The third-order valence-corrected chi connectivity index (χ3v) is 4.34. The number of imide groups is 1. The predicted octanol–water partition coefficient (Wildman–Crippen LogP) is 1.79. The minimum absolute atomic E-state index is 0.193. The molecule has 0 aromatic carbocycles. The van der Waals surface area contributed by atoms with Gasteiger partial charge in [-0.2, -0.15) is 5.10 Å². The van der Waals surface area contributed by atoms with Gasteiger partial charge in [-0.3, -0.25) is 4.79 Å². The normalized spacial score (nSPS) is 23.1. The topological polar surface area (TPSA) is 58.4 Å². The summed E-state index contributed by atoms with van der Waals surface area (Å²) in [7, 11) is 1.66. The van der Waals surface area contributed by atoms with Crippen molar-refractivity contribution < 1.29 is 9.59 Å². The summed E-state index contributed by atoms with van der Waals surface area (Å²) < 4.78 is 1.81. The lowest BCUT2D eigenvalue weighted by Crippen LogP contribution is -2.41. The maximum absolute atomic E-state index is 12.4. The lowest BCUT2D eigenvalue weighted by molar-refractivity contribution is -0.123. The van der Waals surface area contributed by atoms with Crippen LogP contribution in [-0.4, -0.2) is 39.2 Å². The van der Waals surface area contributed by atoms with Gasteiger partial charge in [-0.25, -0.2) is 14.4 Å². The van der Waals surface area contributed by atoms with Crippen LogP contribution in [-0.2, 0) is 4.79 Å². The first-order chi connectivity index (χ1) is 8.94. The second-order valence-corrected chi connectivity index (χ2v) is 5.76. The molecular weight excluding hydrogens is 244 g/mol. The van der Waals surface area contributed by atoms with Crippen molar-refractivity contribution >= 4 is 17.8 Å². The lowest BCUT2D eigenvalue weighted by atomic mass is 9.93. The third kappa shape index (κ3) is 1.52. The number of aromatic nitrogens is 2. The average Bonchev–Trinajstić information content (AvgIpc) is 2.79. The standard InChI is InChI=1S/C13H18N4O2/c1-13(2)11(18)16(12(19)15(13)3)10-7-8-14-17(10)9-5-4-6-9/h7-9H,4-6H2,1-3H3. The molecule has 1 saturated carbocycles. The van der Waals surface area contributed by atoms with E-state index in [1.807, 2.05) is 4.68 Å². The first kappa shape index (κ1) is 12.2. The first-order valence-electron chi connectivity index (χ1n) is 6.60. The van der Waals surface area contributed by atoms with Crippen LogP contribution in [0.1, 0.15) is 39.2 Å². The van der Waals surface area contributed by atoms with Gasteiger partial charge in [0.2, 0.25) is 0 Å². The number of hydrogen-bond donors (Lipinski definition) is 0. The van der Waals surface area contributed by atoms with Gasteiger partial charge in [-0.05, 0) is 33.1 Å². The molecule has 1 aromatic heterocycles. The number of anilines is 1. The molecule has 6 nitrogen and oxygen atoms in total. The molecule has 1 aliphatic carbocycles. The Kier molecular flexibility index (Phi) is 2.45. The van der Waals surface area contributed by atoms with Gasteiger partial charge in [-0.15, -0.1) is 0 Å². The Bertz CT molecular complexity index is 545. The molecule has 3 rings (SSSR count). The summed E-state index contributed by atoms with van der Waals surface area (Å²) in [6, 6.07) is 1.78. The fourth-order valence-corrected chi connectivity index (χ4v) is 2.49. The van der Waals surface area contributed by atoms with Crippen molar-refractivity contribution in [3.05, 3.63) is 12.3 Å². The van der Waals surface area contributed by atoms with E-state index in [0.717, 1.165) is 12.8 Å². The number of amides is 3. The summed E-state index contributed by atoms with van der Waals surface area (Å²) in [5.41, 5.74) is -0.800. The Morgan fingerprint density at radius 2 is 2.00 bits per heavy atom. The van der Waals surface area contributed by atoms with E-state index < -0.39 is 5.54 Å². The summed E-state index contributed by atoms with van der Waals surface area (Å²) in [5.74, 6) is 0.401. The number of rotatable bonds is 2. The number of likely N-dealkylation sites (N-methyl/N-ethyl adjacent to an activating group) is 1. The summed E-state index contributed by atoms with van der Waals surface area (Å²) in [6.07, 6.45) is 4.95. The van der Waals surface area contributed by atoms with Gasteiger partial charge in [0.15, 0.2) is 0 Å². The fraction of sp³-hybridized carbons (Fsp3) is 0.615. The van der Waals surface area contributed by atoms with Crippen molar-refractivity contribution in [1.29, 1.82) is 0 Å². The zero-order chi connectivity index (χ0) is 13.8. The Morgan fingerprint density at radius 3 is 2.47 bits per heavy atom. The Balaban J connectivity index is 2.01. The number of hydrogen-bond acceptors (Lipinski definition) is 3. The van der Waals surface area contributed by atoms with Crippen LogP contribution < -0.4 is 4.90 Å². The summed E-state index contributed by atoms with van der Waals surface area (Å²) >= 11 is 0. The van der Waals surface area contributed by atoms with Gasteiger partial charge in [0, 0.05) is 13.1 Å². The van der Waals surface area contributed by atoms with E-state index in [2.05, 4.69) is 5.10 Å². The smallest absolute Gasteiger partial charge is 0.313 e. The molecule has 2 aliphatic rings. The largest absolute Gasteiger partial charge is 0.333 e. The van der Waals surface area contributed by atoms with Crippen LogP contribution in [0.2, 0.25) is 0 Å². The van der Waals surface area contributed by atoms with E-state index in [0.29, 0.717) is 11.9 Å². The maximum Gasteiger partial charge on any atom is 0.333 e. The Labute approximate surface area is 112 Å². The zero-order valence-electron chi connectivity index (χ0n) is 11.5. The third-order valence-electron chi connectivity index (χ3n) is 4.34. The highest BCUT2D eigenvalue weighted by atomic mass is 16.2. The first-order valence-corrected chi connectivity index (χ1v) is 6.60. The van der Waals surface area contributed by atoms with E-state index in [4.69, 9.17) is 0 Å². The van der Waals surface area contributed by atoms with Crippen molar-refractivity contribution in [3.8, 4) is 0 Å². The molecule has 3 amide bonds. The van der Waals surface area contributed by atoms with Gasteiger partial charge >= 0.3 is 6.03 Å². The van der Waals surface area contributed by atoms with E-state index in [1.54, 1.807) is 33.2 Å². The van der Waals surface area contributed by atoms with Gasteiger partial charge in [0.25, 0.3) is 5.91 Å². The van der Waals surface area contributed by atoms with Crippen LogP contribution in [0.25, 0.3) is 0 Å². The highest BCUT2D eigenvalue weighted by Crippen LogP contribution is 2.37. The van der Waals surface area contributed by atoms with E-state index in [9.17, 15) is 9.59 Å². The highest BCUT2D eigenvalue weighted by molar-refractivity contribution is 6.22. The molecule has 6 heteroatoms. The van der Waals surface area contributed by atoms with E-state index in [-0.39, 0.29) is 11.9 Å². The van der Waals surface area contributed by atoms with E-state index >= 15 is 0 Å². The number of carbonyl (C=O) groups is 2. The zero-order valence-corrected chi connectivity index (χ0v) is 11.5. The van der Waals surface area contributed by atoms with Crippen LogP contribution in [0, 0.1) is 0 Å². The molecule has 1 aromatic rings. The number of urea groups is 1. The second-order valence-electron chi connectivity index (χ2n) is 5.76. The van der Waals surface area contributed by atoms with Gasteiger partial charge < -0.3 is 4.90 Å². The monoisotopic (exact) mass is 262 g/mol. The molecule has 0 atom stereocenters. The van der Waals surface area contributed by atoms with Crippen LogP contribution in [0.15, 0.2) is 12.3 Å². The molecule has 0 bridgehead atoms. The average molecular weight is 262 g/mol. The van der Waals surface area contributed by atoms with Crippen LogP contribution in [0.5, 0.6) is 0 Å². The molecule has 0 N–H and O–H groups in total. The number of carbonyl (C=O) groups excluding carboxylic acids is 2. The molecule has 0 spiro atoms. The molecule has 2 fully saturated rings. The molecule has 2 heterocycles.